The van der Waals surface area contributed by atoms with Crippen LogP contribution in [0.25, 0.3) is 10.8 Å². The summed E-state index contributed by atoms with van der Waals surface area (Å²) in [6.07, 6.45) is 2.92. The number of benzene rings is 3. The molecule has 1 N–H and O–H groups in total. The number of hydrogen-bond donors (Lipinski definition) is 1. The van der Waals surface area contributed by atoms with Gasteiger partial charge in [0.05, 0.1) is 6.42 Å². The van der Waals surface area contributed by atoms with Crippen LogP contribution in [0.4, 0.5) is 11.4 Å². The van der Waals surface area contributed by atoms with Crippen LogP contribution < -0.4 is 10.2 Å². The topological polar surface area (TPSA) is 32.3 Å². The summed E-state index contributed by atoms with van der Waals surface area (Å²) >= 11 is 0. The maximum atomic E-state index is 12.6. The van der Waals surface area contributed by atoms with E-state index in [1.807, 2.05) is 30.3 Å². The van der Waals surface area contributed by atoms with Gasteiger partial charge in [-0.15, -0.1) is 0 Å². The van der Waals surface area contributed by atoms with E-state index < -0.39 is 0 Å². The van der Waals surface area contributed by atoms with Crippen LogP contribution >= 0.6 is 0 Å². The van der Waals surface area contributed by atoms with E-state index in [4.69, 9.17) is 0 Å². The molecule has 1 fully saturated rings. The van der Waals surface area contributed by atoms with Gasteiger partial charge in [0.1, 0.15) is 0 Å². The molecule has 1 heterocycles. The van der Waals surface area contributed by atoms with E-state index in [9.17, 15) is 4.79 Å². The summed E-state index contributed by atoms with van der Waals surface area (Å²) in [5.74, 6) is 0.0263. The number of carbonyl (C=O) groups is 1. The van der Waals surface area contributed by atoms with Crippen LogP contribution in [0, 0.1) is 6.92 Å². The van der Waals surface area contributed by atoms with E-state index in [-0.39, 0.29) is 5.91 Å². The molecule has 132 valence electrons. The molecular formula is C23H24N2O. The summed E-state index contributed by atoms with van der Waals surface area (Å²) in [4.78, 5) is 15.0. The van der Waals surface area contributed by atoms with Crippen LogP contribution in [0.1, 0.15) is 24.0 Å². The first-order chi connectivity index (χ1) is 12.7. The largest absolute Gasteiger partial charge is 0.372 e. The average molecular weight is 344 g/mol. The number of hydrogen-bond acceptors (Lipinski definition) is 2. The highest BCUT2D eigenvalue weighted by molar-refractivity contribution is 5.96. The first kappa shape index (κ1) is 16.6. The first-order valence-electron chi connectivity index (χ1n) is 9.33. The van der Waals surface area contributed by atoms with Crippen LogP contribution in [0.5, 0.6) is 0 Å². The number of carbonyl (C=O) groups excluding carboxylic acids is 1. The number of nitrogens with zero attached hydrogens (tertiary/aromatic N) is 1. The van der Waals surface area contributed by atoms with Crippen molar-refractivity contribution in [3.05, 3.63) is 71.8 Å². The predicted octanol–water partition coefficient (Wildman–Crippen LogP) is 4.93. The van der Waals surface area contributed by atoms with Gasteiger partial charge in [0.2, 0.25) is 5.91 Å². The lowest BCUT2D eigenvalue weighted by Gasteiger charge is -2.19. The second-order valence-electron chi connectivity index (χ2n) is 7.06. The second-order valence-corrected chi connectivity index (χ2v) is 7.06. The molecule has 26 heavy (non-hydrogen) atoms. The third-order valence-electron chi connectivity index (χ3n) is 5.19. The highest BCUT2D eigenvalue weighted by Crippen LogP contribution is 2.26. The van der Waals surface area contributed by atoms with Gasteiger partial charge in [-0.05, 0) is 59.9 Å². The summed E-state index contributed by atoms with van der Waals surface area (Å²) in [5.41, 5.74) is 4.33. The minimum atomic E-state index is 0.0263. The monoisotopic (exact) mass is 344 g/mol. The Bertz CT molecular complexity index is 937. The van der Waals surface area contributed by atoms with Crippen molar-refractivity contribution >= 4 is 28.1 Å². The zero-order valence-corrected chi connectivity index (χ0v) is 15.2. The number of fused-ring (bicyclic) bond motifs is 1. The molecule has 0 spiro atoms. The molecule has 1 aliphatic rings. The molecular weight excluding hydrogens is 320 g/mol. The lowest BCUT2D eigenvalue weighted by atomic mass is 10.0. The van der Waals surface area contributed by atoms with Crippen molar-refractivity contribution in [3.63, 3.8) is 0 Å². The molecule has 3 heteroatoms. The molecule has 4 rings (SSSR count). The Morgan fingerprint density at radius 1 is 1.00 bits per heavy atom. The minimum Gasteiger partial charge on any atom is -0.372 e. The zero-order chi connectivity index (χ0) is 17.9. The molecule has 1 aliphatic heterocycles. The van der Waals surface area contributed by atoms with Gasteiger partial charge in [-0.3, -0.25) is 4.79 Å². The molecule has 1 amide bonds. The Labute approximate surface area is 154 Å². The molecule has 0 aromatic heterocycles. The fourth-order valence-electron chi connectivity index (χ4n) is 3.77. The average Bonchev–Trinajstić information content (AvgIpc) is 3.18. The van der Waals surface area contributed by atoms with Crippen molar-refractivity contribution in [2.75, 3.05) is 23.3 Å². The van der Waals surface area contributed by atoms with Crippen LogP contribution in [0.2, 0.25) is 0 Å². The van der Waals surface area contributed by atoms with Gasteiger partial charge in [-0.1, -0.05) is 42.5 Å². The summed E-state index contributed by atoms with van der Waals surface area (Å²) in [7, 11) is 0. The summed E-state index contributed by atoms with van der Waals surface area (Å²) < 4.78 is 0. The number of nitrogens with one attached hydrogen (secondary N) is 1. The third-order valence-corrected chi connectivity index (χ3v) is 5.19. The molecule has 0 saturated carbocycles. The molecule has 1 saturated heterocycles. The van der Waals surface area contributed by atoms with E-state index in [0.29, 0.717) is 6.42 Å². The van der Waals surface area contributed by atoms with Gasteiger partial charge in [0.25, 0.3) is 0 Å². The van der Waals surface area contributed by atoms with E-state index in [0.717, 1.165) is 35.3 Å². The quantitative estimate of drug-likeness (QED) is 0.728. The van der Waals surface area contributed by atoms with Gasteiger partial charge in [0.15, 0.2) is 0 Å². The van der Waals surface area contributed by atoms with Crippen molar-refractivity contribution in [3.8, 4) is 0 Å². The molecule has 3 aromatic carbocycles. The third kappa shape index (κ3) is 3.43. The van der Waals surface area contributed by atoms with Gasteiger partial charge in [0, 0.05) is 24.5 Å². The second kappa shape index (κ2) is 7.20. The summed E-state index contributed by atoms with van der Waals surface area (Å²) in [5, 5.41) is 5.40. The molecule has 0 bridgehead atoms. The van der Waals surface area contributed by atoms with Crippen LogP contribution in [0.15, 0.2) is 60.7 Å². The standard InChI is InChI=1S/C23H24N2O/c1-17-15-20(25-13-4-5-14-25)11-12-22(17)24-23(26)16-19-9-6-8-18-7-2-3-10-21(18)19/h2-3,6-12,15H,4-5,13-14,16H2,1H3,(H,24,26). The van der Waals surface area contributed by atoms with E-state index in [1.165, 1.54) is 23.9 Å². The summed E-state index contributed by atoms with van der Waals surface area (Å²) in [6.45, 7) is 4.32. The SMILES string of the molecule is Cc1cc(N2CCCC2)ccc1NC(=O)Cc1cccc2ccccc12. The van der Waals surface area contributed by atoms with E-state index in [1.54, 1.807) is 0 Å². The van der Waals surface area contributed by atoms with Crippen molar-refractivity contribution in [2.45, 2.75) is 26.2 Å². The Morgan fingerprint density at radius 2 is 1.77 bits per heavy atom. The fraction of sp³-hybridized carbons (Fsp3) is 0.261. The molecule has 0 radical (unpaired) electrons. The minimum absolute atomic E-state index is 0.0263. The van der Waals surface area contributed by atoms with E-state index in [2.05, 4.69) is 47.5 Å². The number of amides is 1. The van der Waals surface area contributed by atoms with Gasteiger partial charge in [-0.2, -0.15) is 0 Å². The molecule has 3 aromatic rings. The van der Waals surface area contributed by atoms with Crippen molar-refractivity contribution in [1.29, 1.82) is 0 Å². The highest BCUT2D eigenvalue weighted by Gasteiger charge is 2.14. The molecule has 0 aliphatic carbocycles. The number of rotatable bonds is 4. The zero-order valence-electron chi connectivity index (χ0n) is 15.2. The van der Waals surface area contributed by atoms with Crippen molar-refractivity contribution in [1.82, 2.24) is 0 Å². The first-order valence-corrected chi connectivity index (χ1v) is 9.33. The maximum absolute atomic E-state index is 12.6. The molecule has 0 atom stereocenters. The Morgan fingerprint density at radius 3 is 2.58 bits per heavy atom. The smallest absolute Gasteiger partial charge is 0.228 e. The molecule has 0 unspecified atom stereocenters. The highest BCUT2D eigenvalue weighted by atomic mass is 16.1. The van der Waals surface area contributed by atoms with Crippen molar-refractivity contribution < 1.29 is 4.79 Å². The normalized spacial score (nSPS) is 14.0. The predicted molar refractivity (Wildman–Crippen MR) is 109 cm³/mol. The van der Waals surface area contributed by atoms with Crippen molar-refractivity contribution in [2.24, 2.45) is 0 Å². The van der Waals surface area contributed by atoms with Gasteiger partial charge >= 0.3 is 0 Å². The number of aryl methyl sites for hydroxylation is 1. The molecule has 3 nitrogen and oxygen atoms in total. The Hall–Kier alpha value is -2.81. The lowest BCUT2D eigenvalue weighted by Crippen LogP contribution is -2.18. The summed E-state index contributed by atoms with van der Waals surface area (Å²) in [6, 6.07) is 20.7. The Balaban J connectivity index is 1.49. The Kier molecular flexibility index (Phi) is 4.61. The lowest BCUT2D eigenvalue weighted by molar-refractivity contribution is -0.115. The van der Waals surface area contributed by atoms with Gasteiger partial charge < -0.3 is 10.2 Å². The van der Waals surface area contributed by atoms with Gasteiger partial charge in [-0.25, -0.2) is 0 Å². The fourth-order valence-corrected chi connectivity index (χ4v) is 3.77. The van der Waals surface area contributed by atoms with Crippen LogP contribution in [0.3, 0.4) is 0 Å². The van der Waals surface area contributed by atoms with Crippen LogP contribution in [-0.4, -0.2) is 19.0 Å². The maximum Gasteiger partial charge on any atom is 0.228 e. The number of anilines is 2. The van der Waals surface area contributed by atoms with E-state index >= 15 is 0 Å². The van der Waals surface area contributed by atoms with Crippen LogP contribution in [-0.2, 0) is 11.2 Å².